The second-order valence-electron chi connectivity index (χ2n) is 4.28. The van der Waals surface area contributed by atoms with Crippen LogP contribution in [0.15, 0.2) is 24.3 Å². The van der Waals surface area contributed by atoms with E-state index in [9.17, 15) is 4.79 Å². The van der Waals surface area contributed by atoms with Crippen LogP contribution in [-0.2, 0) is 4.79 Å². The van der Waals surface area contributed by atoms with Crippen molar-refractivity contribution >= 4 is 5.91 Å². The highest BCUT2D eigenvalue weighted by Gasteiger charge is 2.28. The third-order valence-corrected chi connectivity index (χ3v) is 2.79. The summed E-state index contributed by atoms with van der Waals surface area (Å²) in [4.78, 5) is 11.4. The highest BCUT2D eigenvalue weighted by atomic mass is 16.5. The normalized spacial score (nSPS) is 16.5. The lowest BCUT2D eigenvalue weighted by molar-refractivity contribution is -0.120. The Hall–Kier alpha value is -1.55. The first-order valence-corrected chi connectivity index (χ1v) is 5.99. The van der Waals surface area contributed by atoms with Crippen LogP contribution >= 0.6 is 0 Å². The van der Waals surface area contributed by atoms with Gasteiger partial charge in [-0.15, -0.1) is 0 Å². The lowest BCUT2D eigenvalue weighted by atomic mass is 10.1. The molecular formula is C13H18N2O2. The molecule has 1 unspecified atom stereocenters. The standard InChI is InChI=1S/C13H18N2O2/c1-2-17-11-7-3-9(4-8-11)12(13(14)16)15-10-5-6-10/h3-4,7-8,10,12,15H,2,5-6H2,1H3,(H2,14,16). The van der Waals surface area contributed by atoms with E-state index in [4.69, 9.17) is 10.5 Å². The molecule has 1 aromatic rings. The Morgan fingerprint density at radius 1 is 1.47 bits per heavy atom. The first-order valence-electron chi connectivity index (χ1n) is 5.99. The number of benzene rings is 1. The van der Waals surface area contributed by atoms with Gasteiger partial charge in [-0.3, -0.25) is 10.1 Å². The molecule has 1 aromatic carbocycles. The second-order valence-corrected chi connectivity index (χ2v) is 4.28. The van der Waals surface area contributed by atoms with Crippen LogP contribution in [-0.4, -0.2) is 18.6 Å². The molecule has 1 fully saturated rings. The molecular weight excluding hydrogens is 216 g/mol. The molecule has 1 atom stereocenters. The van der Waals surface area contributed by atoms with E-state index in [2.05, 4.69) is 5.32 Å². The lowest BCUT2D eigenvalue weighted by Gasteiger charge is -2.15. The minimum absolute atomic E-state index is 0.332. The number of ether oxygens (including phenoxy) is 1. The van der Waals surface area contributed by atoms with Gasteiger partial charge in [0.05, 0.1) is 6.61 Å². The average molecular weight is 234 g/mol. The topological polar surface area (TPSA) is 64.3 Å². The molecule has 0 radical (unpaired) electrons. The van der Waals surface area contributed by atoms with E-state index in [1.165, 1.54) is 0 Å². The summed E-state index contributed by atoms with van der Waals surface area (Å²) >= 11 is 0. The molecule has 0 aromatic heterocycles. The predicted octanol–water partition coefficient (Wildman–Crippen LogP) is 1.36. The zero-order valence-corrected chi connectivity index (χ0v) is 9.98. The quantitative estimate of drug-likeness (QED) is 0.781. The number of carbonyl (C=O) groups excluding carboxylic acids is 1. The van der Waals surface area contributed by atoms with Crippen molar-refractivity contribution in [2.75, 3.05) is 6.61 Å². The molecule has 0 heterocycles. The van der Waals surface area contributed by atoms with Gasteiger partial charge in [-0.25, -0.2) is 0 Å². The number of primary amides is 1. The van der Waals surface area contributed by atoms with Crippen LogP contribution in [0, 0.1) is 0 Å². The number of rotatable bonds is 6. The van der Waals surface area contributed by atoms with Gasteiger partial charge in [-0.05, 0) is 37.5 Å². The molecule has 1 saturated carbocycles. The van der Waals surface area contributed by atoms with Crippen LogP contribution < -0.4 is 15.8 Å². The molecule has 17 heavy (non-hydrogen) atoms. The molecule has 2 rings (SSSR count). The van der Waals surface area contributed by atoms with Crippen molar-refractivity contribution in [3.63, 3.8) is 0 Å². The molecule has 0 bridgehead atoms. The maximum atomic E-state index is 11.4. The third-order valence-electron chi connectivity index (χ3n) is 2.79. The van der Waals surface area contributed by atoms with Gasteiger partial charge in [0, 0.05) is 6.04 Å². The van der Waals surface area contributed by atoms with Crippen molar-refractivity contribution in [3.8, 4) is 5.75 Å². The summed E-state index contributed by atoms with van der Waals surface area (Å²) in [5, 5.41) is 3.24. The zero-order valence-electron chi connectivity index (χ0n) is 9.98. The maximum absolute atomic E-state index is 11.4. The summed E-state index contributed by atoms with van der Waals surface area (Å²) in [5.41, 5.74) is 6.31. The molecule has 92 valence electrons. The molecule has 4 nitrogen and oxygen atoms in total. The minimum Gasteiger partial charge on any atom is -0.494 e. The van der Waals surface area contributed by atoms with Crippen LogP contribution in [0.25, 0.3) is 0 Å². The number of nitrogens with one attached hydrogen (secondary N) is 1. The third kappa shape index (κ3) is 3.20. The van der Waals surface area contributed by atoms with Crippen LogP contribution in [0.3, 0.4) is 0 Å². The molecule has 0 aliphatic heterocycles. The highest BCUT2D eigenvalue weighted by Crippen LogP contribution is 2.25. The van der Waals surface area contributed by atoms with E-state index in [1.54, 1.807) is 0 Å². The average Bonchev–Trinajstić information content (AvgIpc) is 3.11. The minimum atomic E-state index is -0.391. The van der Waals surface area contributed by atoms with Gasteiger partial charge < -0.3 is 10.5 Å². The Bertz CT molecular complexity index is 385. The Kier molecular flexibility index (Phi) is 3.64. The summed E-state index contributed by atoms with van der Waals surface area (Å²) in [7, 11) is 0. The monoisotopic (exact) mass is 234 g/mol. The van der Waals surface area contributed by atoms with Crippen molar-refractivity contribution in [3.05, 3.63) is 29.8 Å². The highest BCUT2D eigenvalue weighted by molar-refractivity contribution is 5.81. The van der Waals surface area contributed by atoms with Gasteiger partial charge in [0.1, 0.15) is 11.8 Å². The van der Waals surface area contributed by atoms with E-state index in [1.807, 2.05) is 31.2 Å². The number of nitrogens with two attached hydrogens (primary N) is 1. The van der Waals surface area contributed by atoms with Gasteiger partial charge in [0.25, 0.3) is 0 Å². The molecule has 1 aliphatic rings. The Morgan fingerprint density at radius 2 is 2.12 bits per heavy atom. The van der Waals surface area contributed by atoms with E-state index in [0.717, 1.165) is 24.2 Å². The predicted molar refractivity (Wildman–Crippen MR) is 65.7 cm³/mol. The molecule has 1 aliphatic carbocycles. The fraction of sp³-hybridized carbons (Fsp3) is 0.462. The molecule has 3 N–H and O–H groups in total. The number of hydrogen-bond donors (Lipinski definition) is 2. The first-order chi connectivity index (χ1) is 8.20. The first kappa shape index (κ1) is 11.9. The van der Waals surface area contributed by atoms with Gasteiger partial charge in [-0.1, -0.05) is 12.1 Å². The number of carbonyl (C=O) groups is 1. The Morgan fingerprint density at radius 3 is 2.59 bits per heavy atom. The van der Waals surface area contributed by atoms with Gasteiger partial charge in [0.2, 0.25) is 5.91 Å². The van der Waals surface area contributed by atoms with Crippen molar-refractivity contribution in [1.29, 1.82) is 0 Å². The summed E-state index contributed by atoms with van der Waals surface area (Å²) in [6.45, 7) is 2.58. The van der Waals surface area contributed by atoms with E-state index in [-0.39, 0.29) is 5.91 Å². The van der Waals surface area contributed by atoms with Gasteiger partial charge in [0.15, 0.2) is 0 Å². The van der Waals surface area contributed by atoms with Crippen molar-refractivity contribution in [1.82, 2.24) is 5.32 Å². The summed E-state index contributed by atoms with van der Waals surface area (Å²) < 4.78 is 5.36. The maximum Gasteiger partial charge on any atom is 0.239 e. The molecule has 0 spiro atoms. The van der Waals surface area contributed by atoms with Crippen LogP contribution in [0.2, 0.25) is 0 Å². The molecule has 1 amide bonds. The van der Waals surface area contributed by atoms with Crippen LogP contribution in [0.5, 0.6) is 5.75 Å². The fourth-order valence-corrected chi connectivity index (χ4v) is 1.75. The van der Waals surface area contributed by atoms with E-state index in [0.29, 0.717) is 12.6 Å². The Labute approximate surface area is 101 Å². The number of hydrogen-bond acceptors (Lipinski definition) is 3. The van der Waals surface area contributed by atoms with Gasteiger partial charge in [-0.2, -0.15) is 0 Å². The smallest absolute Gasteiger partial charge is 0.239 e. The molecule has 0 saturated heterocycles. The van der Waals surface area contributed by atoms with Crippen molar-refractivity contribution in [2.24, 2.45) is 5.73 Å². The van der Waals surface area contributed by atoms with Crippen molar-refractivity contribution < 1.29 is 9.53 Å². The number of amides is 1. The van der Waals surface area contributed by atoms with E-state index >= 15 is 0 Å². The summed E-state index contributed by atoms with van der Waals surface area (Å²) in [6, 6.07) is 7.55. The fourth-order valence-electron chi connectivity index (χ4n) is 1.75. The van der Waals surface area contributed by atoms with E-state index < -0.39 is 6.04 Å². The Balaban J connectivity index is 2.08. The summed E-state index contributed by atoms with van der Waals surface area (Å²) in [5.74, 6) is 0.479. The second kappa shape index (κ2) is 5.19. The summed E-state index contributed by atoms with van der Waals surface area (Å²) in [6.07, 6.45) is 2.25. The zero-order chi connectivity index (χ0) is 12.3. The largest absolute Gasteiger partial charge is 0.494 e. The SMILES string of the molecule is CCOc1ccc(C(NC2CC2)C(N)=O)cc1. The molecule has 4 heteroatoms. The van der Waals surface area contributed by atoms with Gasteiger partial charge >= 0.3 is 0 Å². The van der Waals surface area contributed by atoms with Crippen LogP contribution in [0.4, 0.5) is 0 Å². The van der Waals surface area contributed by atoms with Crippen LogP contribution in [0.1, 0.15) is 31.4 Å². The van der Waals surface area contributed by atoms with Crippen molar-refractivity contribution in [2.45, 2.75) is 31.8 Å². The lowest BCUT2D eigenvalue weighted by Crippen LogP contribution is -2.34.